The molecule has 0 radical (unpaired) electrons. The summed E-state index contributed by atoms with van der Waals surface area (Å²) < 4.78 is 5.26. The second-order valence-corrected chi connectivity index (χ2v) is 2.69. The lowest BCUT2D eigenvalue weighted by Gasteiger charge is -2.14. The van der Waals surface area contributed by atoms with Crippen molar-refractivity contribution in [2.24, 2.45) is 0 Å². The predicted octanol–water partition coefficient (Wildman–Crippen LogP) is 0.858. The van der Waals surface area contributed by atoms with Crippen LogP contribution in [0.25, 0.3) is 0 Å². The Balaban J connectivity index is 2.43. The summed E-state index contributed by atoms with van der Waals surface area (Å²) in [5, 5.41) is 0. The Morgan fingerprint density at radius 1 is 1.55 bits per heavy atom. The molecule has 58 valence electrons. The van der Waals surface area contributed by atoms with E-state index in [4.69, 9.17) is 4.74 Å². The first-order chi connectivity index (χ1) is 5.36. The summed E-state index contributed by atoms with van der Waals surface area (Å²) in [5.41, 5.74) is 2.30. The molecule has 11 heavy (non-hydrogen) atoms. The molecule has 0 aromatic carbocycles. The van der Waals surface area contributed by atoms with Crippen molar-refractivity contribution in [1.29, 1.82) is 0 Å². The molecule has 0 unspecified atom stereocenters. The van der Waals surface area contributed by atoms with E-state index in [1.165, 1.54) is 0 Å². The van der Waals surface area contributed by atoms with Gasteiger partial charge in [0.05, 0.1) is 18.9 Å². The monoisotopic (exact) mass is 150 g/mol. The Labute approximate surface area is 65.4 Å². The van der Waals surface area contributed by atoms with Gasteiger partial charge in [-0.05, 0) is 6.92 Å². The van der Waals surface area contributed by atoms with E-state index < -0.39 is 0 Å². The van der Waals surface area contributed by atoms with Crippen LogP contribution >= 0.6 is 0 Å². The molecule has 0 bridgehead atoms. The fraction of sp³-hybridized carbons (Fsp3) is 0.500. The predicted molar refractivity (Wildman–Crippen MR) is 40.1 cm³/mol. The number of rotatable bonds is 0. The molecular weight excluding hydrogens is 140 g/mol. The third-order valence-electron chi connectivity index (χ3n) is 1.82. The van der Waals surface area contributed by atoms with Crippen LogP contribution in [-0.2, 0) is 17.8 Å². The molecule has 0 aliphatic carbocycles. The van der Waals surface area contributed by atoms with Gasteiger partial charge in [-0.15, -0.1) is 0 Å². The number of nitrogens with zero attached hydrogens (tertiary/aromatic N) is 2. The lowest BCUT2D eigenvalue weighted by Crippen LogP contribution is -2.12. The van der Waals surface area contributed by atoms with Crippen molar-refractivity contribution in [2.75, 3.05) is 6.61 Å². The lowest BCUT2D eigenvalue weighted by atomic mass is 10.1. The van der Waals surface area contributed by atoms with E-state index in [1.807, 2.05) is 13.1 Å². The van der Waals surface area contributed by atoms with E-state index >= 15 is 0 Å². The van der Waals surface area contributed by atoms with Gasteiger partial charge in [-0.2, -0.15) is 0 Å². The minimum Gasteiger partial charge on any atom is -0.376 e. The van der Waals surface area contributed by atoms with Gasteiger partial charge in [0.2, 0.25) is 0 Å². The van der Waals surface area contributed by atoms with Gasteiger partial charge in [0.25, 0.3) is 0 Å². The highest BCUT2D eigenvalue weighted by Crippen LogP contribution is 2.12. The number of hydrogen-bond donors (Lipinski definition) is 0. The van der Waals surface area contributed by atoms with E-state index in [2.05, 4.69) is 9.97 Å². The zero-order valence-corrected chi connectivity index (χ0v) is 6.50. The second kappa shape index (κ2) is 2.58. The quantitative estimate of drug-likeness (QED) is 0.550. The highest BCUT2D eigenvalue weighted by molar-refractivity contribution is 5.18. The normalized spacial score (nSPS) is 16.1. The van der Waals surface area contributed by atoms with Gasteiger partial charge in [0.15, 0.2) is 0 Å². The number of hydrogen-bond acceptors (Lipinski definition) is 3. The largest absolute Gasteiger partial charge is 0.376 e. The number of aromatic nitrogens is 2. The molecule has 3 heteroatoms. The molecule has 2 rings (SSSR count). The van der Waals surface area contributed by atoms with Crippen LogP contribution in [-0.4, -0.2) is 16.6 Å². The fourth-order valence-corrected chi connectivity index (χ4v) is 1.23. The summed E-state index contributed by atoms with van der Waals surface area (Å²) in [6.45, 7) is 3.38. The van der Waals surface area contributed by atoms with Crippen molar-refractivity contribution in [3.63, 3.8) is 0 Å². The molecule has 0 N–H and O–H groups in total. The van der Waals surface area contributed by atoms with Gasteiger partial charge in [-0.25, -0.2) is 9.97 Å². The first-order valence-electron chi connectivity index (χ1n) is 3.75. The Kier molecular flexibility index (Phi) is 1.58. The van der Waals surface area contributed by atoms with E-state index in [-0.39, 0.29) is 0 Å². The summed E-state index contributed by atoms with van der Waals surface area (Å²) in [5.74, 6) is 0.852. The van der Waals surface area contributed by atoms with Crippen LogP contribution in [0, 0.1) is 6.92 Å². The van der Waals surface area contributed by atoms with Crippen molar-refractivity contribution in [1.82, 2.24) is 9.97 Å². The molecule has 0 spiro atoms. The maximum absolute atomic E-state index is 5.26. The summed E-state index contributed by atoms with van der Waals surface area (Å²) in [6, 6.07) is 0. The third-order valence-corrected chi connectivity index (χ3v) is 1.82. The molecule has 0 fully saturated rings. The van der Waals surface area contributed by atoms with Gasteiger partial charge in [-0.1, -0.05) is 0 Å². The number of aryl methyl sites for hydroxylation is 1. The first kappa shape index (κ1) is 6.73. The SMILES string of the molecule is Cc1ncc2c(n1)CCOC2. The Hall–Kier alpha value is -0.960. The van der Waals surface area contributed by atoms with Crippen LogP contribution in [0.2, 0.25) is 0 Å². The second-order valence-electron chi connectivity index (χ2n) is 2.69. The van der Waals surface area contributed by atoms with Crippen LogP contribution in [0.5, 0.6) is 0 Å². The molecule has 1 aliphatic rings. The molecule has 0 saturated carbocycles. The highest BCUT2D eigenvalue weighted by Gasteiger charge is 2.10. The van der Waals surface area contributed by atoms with Gasteiger partial charge < -0.3 is 4.74 Å². The summed E-state index contributed by atoms with van der Waals surface area (Å²) in [7, 11) is 0. The van der Waals surface area contributed by atoms with Gasteiger partial charge in [0, 0.05) is 18.2 Å². The molecular formula is C8H10N2O. The van der Waals surface area contributed by atoms with Crippen molar-refractivity contribution in [2.45, 2.75) is 20.0 Å². The average Bonchev–Trinajstić information content (AvgIpc) is 2.04. The molecule has 0 saturated heterocycles. The minimum absolute atomic E-state index is 0.676. The molecule has 0 atom stereocenters. The summed E-state index contributed by atoms with van der Waals surface area (Å²) in [4.78, 5) is 8.42. The average molecular weight is 150 g/mol. The lowest BCUT2D eigenvalue weighted by molar-refractivity contribution is 0.108. The van der Waals surface area contributed by atoms with Crippen molar-refractivity contribution in [3.8, 4) is 0 Å². The minimum atomic E-state index is 0.676. The topological polar surface area (TPSA) is 35.0 Å². The molecule has 2 heterocycles. The van der Waals surface area contributed by atoms with E-state index in [1.54, 1.807) is 0 Å². The van der Waals surface area contributed by atoms with E-state index in [9.17, 15) is 0 Å². The summed E-state index contributed by atoms with van der Waals surface area (Å²) in [6.07, 6.45) is 2.79. The maximum atomic E-state index is 5.26. The molecule has 1 aliphatic heterocycles. The number of ether oxygens (including phenoxy) is 1. The zero-order valence-electron chi connectivity index (χ0n) is 6.50. The molecule has 1 aromatic rings. The smallest absolute Gasteiger partial charge is 0.125 e. The van der Waals surface area contributed by atoms with Crippen LogP contribution in [0.4, 0.5) is 0 Å². The van der Waals surface area contributed by atoms with Crippen LogP contribution in [0.1, 0.15) is 17.1 Å². The van der Waals surface area contributed by atoms with Gasteiger partial charge >= 0.3 is 0 Å². The molecule has 0 amide bonds. The zero-order chi connectivity index (χ0) is 7.68. The number of fused-ring (bicyclic) bond motifs is 1. The van der Waals surface area contributed by atoms with Crippen molar-refractivity contribution in [3.05, 3.63) is 23.3 Å². The Morgan fingerprint density at radius 2 is 2.45 bits per heavy atom. The van der Waals surface area contributed by atoms with Crippen molar-refractivity contribution >= 4 is 0 Å². The first-order valence-corrected chi connectivity index (χ1v) is 3.75. The highest BCUT2D eigenvalue weighted by atomic mass is 16.5. The standard InChI is InChI=1S/C8H10N2O/c1-6-9-4-7-5-11-3-2-8(7)10-6/h4H,2-3,5H2,1H3. The Morgan fingerprint density at radius 3 is 3.36 bits per heavy atom. The summed E-state index contributed by atoms with van der Waals surface area (Å²) >= 11 is 0. The van der Waals surface area contributed by atoms with Crippen molar-refractivity contribution < 1.29 is 4.74 Å². The van der Waals surface area contributed by atoms with Crippen LogP contribution in [0.3, 0.4) is 0 Å². The van der Waals surface area contributed by atoms with Crippen LogP contribution < -0.4 is 0 Å². The maximum Gasteiger partial charge on any atom is 0.125 e. The van der Waals surface area contributed by atoms with Gasteiger partial charge in [0.1, 0.15) is 5.82 Å². The fourth-order valence-electron chi connectivity index (χ4n) is 1.23. The van der Waals surface area contributed by atoms with E-state index in [0.717, 1.165) is 30.1 Å². The van der Waals surface area contributed by atoms with Crippen LogP contribution in [0.15, 0.2) is 6.20 Å². The Bertz CT molecular complexity index is 273. The van der Waals surface area contributed by atoms with Gasteiger partial charge in [-0.3, -0.25) is 0 Å². The third kappa shape index (κ3) is 1.24. The van der Waals surface area contributed by atoms with E-state index in [0.29, 0.717) is 6.61 Å². The molecule has 3 nitrogen and oxygen atoms in total. The molecule has 1 aromatic heterocycles.